The molecule has 4 heteroatoms. The van der Waals surface area contributed by atoms with E-state index in [1.807, 2.05) is 6.92 Å². The fourth-order valence-corrected chi connectivity index (χ4v) is 2.79. The molecule has 0 aliphatic carbocycles. The first-order chi connectivity index (χ1) is 9.70. The second kappa shape index (κ2) is 5.12. The molecule has 0 bridgehead atoms. The van der Waals surface area contributed by atoms with Crippen LogP contribution >= 0.6 is 0 Å². The number of carbonyl (C=O) groups excluding carboxylic acids is 1. The minimum Gasteiger partial charge on any atom is -0.508 e. The van der Waals surface area contributed by atoms with Crippen LogP contribution in [0.1, 0.15) is 47.3 Å². The summed E-state index contributed by atoms with van der Waals surface area (Å²) in [5, 5.41) is 9.33. The number of aryl methyl sites for hydroxylation is 2. The van der Waals surface area contributed by atoms with E-state index >= 15 is 0 Å². The van der Waals surface area contributed by atoms with Gasteiger partial charge in [-0.15, -0.1) is 0 Å². The van der Waals surface area contributed by atoms with Crippen molar-refractivity contribution in [2.45, 2.75) is 39.2 Å². The van der Waals surface area contributed by atoms with Gasteiger partial charge < -0.3 is 9.67 Å². The van der Waals surface area contributed by atoms with Crippen LogP contribution < -0.4 is 0 Å². The van der Waals surface area contributed by atoms with Crippen molar-refractivity contribution in [3.05, 3.63) is 47.0 Å². The molecule has 1 aromatic heterocycles. The Morgan fingerprint density at radius 2 is 2.05 bits per heavy atom. The van der Waals surface area contributed by atoms with Crippen LogP contribution in [0.5, 0.6) is 5.75 Å². The molecule has 0 unspecified atom stereocenters. The quantitative estimate of drug-likeness (QED) is 0.872. The zero-order valence-corrected chi connectivity index (χ0v) is 11.6. The summed E-state index contributed by atoms with van der Waals surface area (Å²) in [6.07, 6.45) is 3.96. The molecule has 1 N–H and O–H groups in total. The fourth-order valence-electron chi connectivity index (χ4n) is 2.79. The molecule has 2 heterocycles. The van der Waals surface area contributed by atoms with Crippen LogP contribution in [-0.2, 0) is 19.4 Å². The Kier molecular flexibility index (Phi) is 3.30. The third-order valence-corrected chi connectivity index (χ3v) is 3.83. The number of phenols is 1. The molecule has 2 aromatic rings. The molecule has 0 amide bonds. The number of hydrogen-bond acceptors (Lipinski definition) is 3. The van der Waals surface area contributed by atoms with Gasteiger partial charge in [0.15, 0.2) is 0 Å². The molecule has 3 rings (SSSR count). The highest BCUT2D eigenvalue weighted by Gasteiger charge is 2.24. The summed E-state index contributed by atoms with van der Waals surface area (Å²) in [5.41, 5.74) is 2.22. The summed E-state index contributed by atoms with van der Waals surface area (Å²) in [5.74, 6) is 1.21. The molecule has 0 atom stereocenters. The third-order valence-electron chi connectivity index (χ3n) is 3.83. The lowest BCUT2D eigenvalue weighted by Crippen LogP contribution is -2.17. The molecule has 0 saturated carbocycles. The van der Waals surface area contributed by atoms with E-state index in [4.69, 9.17) is 0 Å². The van der Waals surface area contributed by atoms with Crippen molar-refractivity contribution in [1.82, 2.24) is 9.55 Å². The van der Waals surface area contributed by atoms with E-state index in [-0.39, 0.29) is 11.5 Å². The predicted octanol–water partition coefficient (Wildman–Crippen LogP) is 2.72. The van der Waals surface area contributed by atoms with Crippen molar-refractivity contribution in [2.24, 2.45) is 0 Å². The lowest BCUT2D eigenvalue weighted by molar-refractivity contribution is 0.102. The maximum atomic E-state index is 12.7. The molecule has 1 aliphatic heterocycles. The number of rotatable bonds is 3. The van der Waals surface area contributed by atoms with Crippen molar-refractivity contribution in [3.63, 3.8) is 0 Å². The first-order valence-corrected chi connectivity index (χ1v) is 7.12. The van der Waals surface area contributed by atoms with Crippen LogP contribution in [0.4, 0.5) is 0 Å². The minimum atomic E-state index is 0.00231. The fraction of sp³-hybridized carbons (Fsp3) is 0.375. The lowest BCUT2D eigenvalue weighted by Gasteiger charge is -2.16. The maximum Gasteiger partial charge on any atom is 0.211 e. The highest BCUT2D eigenvalue weighted by Crippen LogP contribution is 2.23. The monoisotopic (exact) mass is 270 g/mol. The van der Waals surface area contributed by atoms with Gasteiger partial charge in [-0.2, -0.15) is 0 Å². The molecule has 0 fully saturated rings. The summed E-state index contributed by atoms with van der Waals surface area (Å²) >= 11 is 0. The van der Waals surface area contributed by atoms with E-state index in [0.29, 0.717) is 5.56 Å². The van der Waals surface area contributed by atoms with E-state index in [9.17, 15) is 9.90 Å². The highest BCUT2D eigenvalue weighted by atomic mass is 16.3. The largest absolute Gasteiger partial charge is 0.508 e. The molecule has 4 nitrogen and oxygen atoms in total. The number of carbonyl (C=O) groups is 1. The van der Waals surface area contributed by atoms with Crippen molar-refractivity contribution >= 4 is 5.78 Å². The lowest BCUT2D eigenvalue weighted by atomic mass is 10.0. The van der Waals surface area contributed by atoms with Crippen LogP contribution in [-0.4, -0.2) is 20.4 Å². The molecule has 104 valence electrons. The van der Waals surface area contributed by atoms with E-state index in [1.165, 1.54) is 0 Å². The number of hydrogen-bond donors (Lipinski definition) is 1. The Hall–Kier alpha value is -2.10. The second-order valence-corrected chi connectivity index (χ2v) is 5.16. The van der Waals surface area contributed by atoms with Crippen molar-refractivity contribution in [3.8, 4) is 5.75 Å². The Bertz CT molecular complexity index is 641. The molecular weight excluding hydrogens is 252 g/mol. The van der Waals surface area contributed by atoms with Crippen molar-refractivity contribution < 1.29 is 9.90 Å². The normalized spacial score (nSPS) is 14.1. The average molecular weight is 270 g/mol. The number of aromatic nitrogens is 2. The topological polar surface area (TPSA) is 55.1 Å². The number of fused-ring (bicyclic) bond motifs is 1. The van der Waals surface area contributed by atoms with Gasteiger partial charge >= 0.3 is 0 Å². The standard InChI is InChI=1S/C16H18N2O2/c1-2-13-15(18-10-4-3-5-14(18)17-13)16(20)11-6-8-12(19)9-7-11/h6-9,19H,2-5,10H2,1H3. The third kappa shape index (κ3) is 2.11. The SMILES string of the molecule is CCc1nc2n(c1C(=O)c1ccc(O)cc1)CCCC2. The summed E-state index contributed by atoms with van der Waals surface area (Å²) < 4.78 is 2.08. The first-order valence-electron chi connectivity index (χ1n) is 7.12. The predicted molar refractivity (Wildman–Crippen MR) is 76.1 cm³/mol. The zero-order chi connectivity index (χ0) is 14.1. The highest BCUT2D eigenvalue weighted by molar-refractivity contribution is 6.08. The van der Waals surface area contributed by atoms with Gasteiger partial charge in [0, 0.05) is 18.5 Å². The van der Waals surface area contributed by atoms with Gasteiger partial charge in [0.1, 0.15) is 17.3 Å². The molecule has 20 heavy (non-hydrogen) atoms. The molecule has 0 spiro atoms. The van der Waals surface area contributed by atoms with Crippen LogP contribution in [0.15, 0.2) is 24.3 Å². The summed E-state index contributed by atoms with van der Waals surface area (Å²) in [4.78, 5) is 17.4. The molecule has 1 aromatic carbocycles. The van der Waals surface area contributed by atoms with E-state index in [2.05, 4.69) is 9.55 Å². The molecular formula is C16H18N2O2. The van der Waals surface area contributed by atoms with Crippen LogP contribution in [0, 0.1) is 0 Å². The molecule has 0 saturated heterocycles. The molecule has 0 radical (unpaired) electrons. The van der Waals surface area contributed by atoms with Crippen LogP contribution in [0.2, 0.25) is 0 Å². The van der Waals surface area contributed by atoms with Gasteiger partial charge in [-0.3, -0.25) is 4.79 Å². The first kappa shape index (κ1) is 12.9. The summed E-state index contributed by atoms with van der Waals surface area (Å²) in [7, 11) is 0. The van der Waals surface area contributed by atoms with E-state index < -0.39 is 0 Å². The number of ketones is 1. The minimum absolute atomic E-state index is 0.00231. The number of phenolic OH excluding ortho intramolecular Hbond substituents is 1. The van der Waals surface area contributed by atoms with Gasteiger partial charge in [0.2, 0.25) is 5.78 Å². The Balaban J connectivity index is 2.06. The van der Waals surface area contributed by atoms with Gasteiger partial charge in [0.05, 0.1) is 5.69 Å². The molecule has 1 aliphatic rings. The average Bonchev–Trinajstić information content (AvgIpc) is 2.85. The summed E-state index contributed by atoms with van der Waals surface area (Å²) in [6.45, 7) is 2.91. The zero-order valence-electron chi connectivity index (χ0n) is 11.6. The number of imidazole rings is 1. The number of aromatic hydroxyl groups is 1. The van der Waals surface area contributed by atoms with Gasteiger partial charge in [-0.1, -0.05) is 6.92 Å². The van der Waals surface area contributed by atoms with Gasteiger partial charge in [0.25, 0.3) is 0 Å². The van der Waals surface area contributed by atoms with E-state index in [0.717, 1.165) is 49.4 Å². The van der Waals surface area contributed by atoms with Gasteiger partial charge in [-0.25, -0.2) is 4.98 Å². The Morgan fingerprint density at radius 3 is 2.75 bits per heavy atom. The van der Waals surface area contributed by atoms with Crippen LogP contribution in [0.3, 0.4) is 0 Å². The second-order valence-electron chi connectivity index (χ2n) is 5.16. The van der Waals surface area contributed by atoms with Gasteiger partial charge in [-0.05, 0) is 43.5 Å². The smallest absolute Gasteiger partial charge is 0.211 e. The summed E-state index contributed by atoms with van der Waals surface area (Å²) in [6, 6.07) is 6.43. The van der Waals surface area contributed by atoms with Crippen LogP contribution in [0.25, 0.3) is 0 Å². The van der Waals surface area contributed by atoms with E-state index in [1.54, 1.807) is 24.3 Å². The number of nitrogens with zero attached hydrogens (tertiary/aromatic N) is 2. The maximum absolute atomic E-state index is 12.7. The van der Waals surface area contributed by atoms with Crippen molar-refractivity contribution in [1.29, 1.82) is 0 Å². The Morgan fingerprint density at radius 1 is 1.30 bits per heavy atom. The Labute approximate surface area is 118 Å². The number of benzene rings is 1. The van der Waals surface area contributed by atoms with Crippen molar-refractivity contribution in [2.75, 3.05) is 0 Å².